The molecule has 0 unspecified atom stereocenters. The van der Waals surface area contributed by atoms with Crippen LogP contribution in [0.5, 0.6) is 5.88 Å². The van der Waals surface area contributed by atoms with E-state index in [1.54, 1.807) is 7.11 Å². The fraction of sp³-hybridized carbons (Fsp3) is 0.429. The first-order valence-electron chi connectivity index (χ1n) is 6.97. The van der Waals surface area contributed by atoms with Crippen molar-refractivity contribution in [2.45, 2.75) is 26.3 Å². The molecule has 0 saturated carbocycles. The standard InChI is InChI=1S/C14H18N6O/c1-3-12-16-11(15)7-13(17-12)20-5-4-10-9(8-20)6-14(21-2)19-18-10/h6-7H,3-5,8H2,1-2H3,(H2,15,16,17). The molecule has 0 bridgehead atoms. The van der Waals surface area contributed by atoms with Crippen molar-refractivity contribution in [1.82, 2.24) is 20.2 Å². The van der Waals surface area contributed by atoms with Crippen molar-refractivity contribution in [2.75, 3.05) is 24.3 Å². The highest BCUT2D eigenvalue weighted by Crippen LogP contribution is 2.24. The number of nitrogen functional groups attached to an aromatic ring is 1. The highest BCUT2D eigenvalue weighted by Gasteiger charge is 2.20. The Bertz CT molecular complexity index is 660. The summed E-state index contributed by atoms with van der Waals surface area (Å²) < 4.78 is 5.14. The molecule has 1 aliphatic heterocycles. The van der Waals surface area contributed by atoms with E-state index >= 15 is 0 Å². The number of nitrogens with zero attached hydrogens (tertiary/aromatic N) is 5. The zero-order valence-corrected chi connectivity index (χ0v) is 12.2. The van der Waals surface area contributed by atoms with Gasteiger partial charge in [0.1, 0.15) is 17.5 Å². The molecule has 7 heteroatoms. The summed E-state index contributed by atoms with van der Waals surface area (Å²) in [6, 6.07) is 3.75. The van der Waals surface area contributed by atoms with Gasteiger partial charge in [0.2, 0.25) is 5.88 Å². The smallest absolute Gasteiger partial charge is 0.233 e. The SMILES string of the molecule is CCc1nc(N)cc(N2CCc3nnc(OC)cc3C2)n1. The minimum atomic E-state index is 0.507. The molecule has 0 amide bonds. The van der Waals surface area contributed by atoms with E-state index in [2.05, 4.69) is 25.1 Å². The van der Waals surface area contributed by atoms with Crippen LogP contribution in [0.2, 0.25) is 0 Å². The minimum Gasteiger partial charge on any atom is -0.480 e. The molecule has 0 saturated heterocycles. The molecule has 110 valence electrons. The number of ether oxygens (including phenoxy) is 1. The van der Waals surface area contributed by atoms with Gasteiger partial charge in [-0.25, -0.2) is 9.97 Å². The van der Waals surface area contributed by atoms with Gasteiger partial charge in [0.25, 0.3) is 0 Å². The number of hydrogen-bond acceptors (Lipinski definition) is 7. The van der Waals surface area contributed by atoms with Crippen molar-refractivity contribution in [1.29, 1.82) is 0 Å². The Labute approximate surface area is 123 Å². The van der Waals surface area contributed by atoms with Gasteiger partial charge in [0.05, 0.1) is 12.8 Å². The molecule has 1 aliphatic rings. The molecular formula is C14H18N6O. The van der Waals surface area contributed by atoms with Crippen LogP contribution in [0.15, 0.2) is 12.1 Å². The third kappa shape index (κ3) is 2.72. The molecule has 0 radical (unpaired) electrons. The van der Waals surface area contributed by atoms with Gasteiger partial charge in [-0.15, -0.1) is 5.10 Å². The lowest BCUT2D eigenvalue weighted by Crippen LogP contribution is -2.32. The predicted molar refractivity (Wildman–Crippen MR) is 79.2 cm³/mol. The van der Waals surface area contributed by atoms with Crippen LogP contribution >= 0.6 is 0 Å². The van der Waals surface area contributed by atoms with Crippen molar-refractivity contribution in [3.8, 4) is 5.88 Å². The average Bonchev–Trinajstić information content (AvgIpc) is 2.53. The first-order valence-corrected chi connectivity index (χ1v) is 6.97. The maximum Gasteiger partial charge on any atom is 0.233 e. The van der Waals surface area contributed by atoms with Gasteiger partial charge in [0.15, 0.2) is 0 Å². The van der Waals surface area contributed by atoms with E-state index in [9.17, 15) is 0 Å². The maximum atomic E-state index is 5.86. The van der Waals surface area contributed by atoms with Crippen LogP contribution in [0.1, 0.15) is 24.0 Å². The van der Waals surface area contributed by atoms with Gasteiger partial charge >= 0.3 is 0 Å². The molecule has 21 heavy (non-hydrogen) atoms. The Kier molecular flexibility index (Phi) is 3.55. The van der Waals surface area contributed by atoms with E-state index in [4.69, 9.17) is 10.5 Å². The second-order valence-electron chi connectivity index (χ2n) is 4.95. The quantitative estimate of drug-likeness (QED) is 0.899. The summed E-state index contributed by atoms with van der Waals surface area (Å²) in [6.45, 7) is 3.58. The number of nitrogens with two attached hydrogens (primary N) is 1. The summed E-state index contributed by atoms with van der Waals surface area (Å²) in [7, 11) is 1.59. The molecule has 0 atom stereocenters. The Morgan fingerprint density at radius 1 is 1.29 bits per heavy atom. The lowest BCUT2D eigenvalue weighted by molar-refractivity contribution is 0.389. The highest BCUT2D eigenvalue weighted by molar-refractivity contribution is 5.49. The first-order chi connectivity index (χ1) is 10.2. The topological polar surface area (TPSA) is 90.1 Å². The average molecular weight is 286 g/mol. The molecule has 7 nitrogen and oxygen atoms in total. The van der Waals surface area contributed by atoms with Crippen LogP contribution in [0.3, 0.4) is 0 Å². The first kappa shape index (κ1) is 13.5. The molecule has 2 aromatic heterocycles. The van der Waals surface area contributed by atoms with Crippen LogP contribution in [-0.2, 0) is 19.4 Å². The molecule has 0 spiro atoms. The number of aryl methyl sites for hydroxylation is 1. The third-order valence-electron chi connectivity index (χ3n) is 3.55. The molecule has 2 N–H and O–H groups in total. The minimum absolute atomic E-state index is 0.507. The molecule has 3 rings (SSSR count). The van der Waals surface area contributed by atoms with Gasteiger partial charge in [-0.05, 0) is 0 Å². The van der Waals surface area contributed by atoms with Crippen LogP contribution in [-0.4, -0.2) is 33.8 Å². The summed E-state index contributed by atoms with van der Waals surface area (Å²) in [6.07, 6.45) is 1.60. The van der Waals surface area contributed by atoms with E-state index < -0.39 is 0 Å². The number of aromatic nitrogens is 4. The number of rotatable bonds is 3. The number of anilines is 2. The lowest BCUT2D eigenvalue weighted by atomic mass is 10.1. The molecular weight excluding hydrogens is 268 g/mol. The fourth-order valence-corrected chi connectivity index (χ4v) is 2.43. The van der Waals surface area contributed by atoms with E-state index in [0.717, 1.165) is 48.8 Å². The Morgan fingerprint density at radius 3 is 2.90 bits per heavy atom. The zero-order chi connectivity index (χ0) is 14.8. The van der Waals surface area contributed by atoms with E-state index in [1.807, 2.05) is 19.1 Å². The lowest BCUT2D eigenvalue weighted by Gasteiger charge is -2.29. The zero-order valence-electron chi connectivity index (χ0n) is 12.2. The maximum absolute atomic E-state index is 5.86. The van der Waals surface area contributed by atoms with Crippen LogP contribution in [0.25, 0.3) is 0 Å². The molecule has 0 aliphatic carbocycles. The monoisotopic (exact) mass is 286 g/mol. The van der Waals surface area contributed by atoms with Crippen molar-refractivity contribution in [3.05, 3.63) is 29.2 Å². The third-order valence-corrected chi connectivity index (χ3v) is 3.55. The van der Waals surface area contributed by atoms with Gasteiger partial charge in [-0.2, -0.15) is 5.10 Å². The van der Waals surface area contributed by atoms with Crippen LogP contribution in [0, 0.1) is 0 Å². The van der Waals surface area contributed by atoms with Crippen molar-refractivity contribution < 1.29 is 4.74 Å². The van der Waals surface area contributed by atoms with Gasteiger partial charge < -0.3 is 15.4 Å². The second-order valence-corrected chi connectivity index (χ2v) is 4.95. The Balaban J connectivity index is 1.90. The van der Waals surface area contributed by atoms with E-state index in [0.29, 0.717) is 11.7 Å². The van der Waals surface area contributed by atoms with Crippen LogP contribution in [0.4, 0.5) is 11.6 Å². The van der Waals surface area contributed by atoms with Gasteiger partial charge in [-0.3, -0.25) is 0 Å². The Morgan fingerprint density at radius 2 is 2.14 bits per heavy atom. The van der Waals surface area contributed by atoms with E-state index in [-0.39, 0.29) is 0 Å². The fourth-order valence-electron chi connectivity index (χ4n) is 2.43. The van der Waals surface area contributed by atoms with Gasteiger partial charge in [-0.1, -0.05) is 6.92 Å². The number of methoxy groups -OCH3 is 1. The molecule has 0 fully saturated rings. The van der Waals surface area contributed by atoms with E-state index in [1.165, 1.54) is 0 Å². The molecule has 0 aromatic carbocycles. The molecule has 2 aromatic rings. The van der Waals surface area contributed by atoms with Crippen molar-refractivity contribution in [3.63, 3.8) is 0 Å². The summed E-state index contributed by atoms with van der Waals surface area (Å²) >= 11 is 0. The predicted octanol–water partition coefficient (Wildman–Crippen LogP) is 0.982. The Hall–Kier alpha value is -2.44. The summed E-state index contributed by atoms with van der Waals surface area (Å²) in [5, 5.41) is 8.22. The second kappa shape index (κ2) is 5.51. The summed E-state index contributed by atoms with van der Waals surface area (Å²) in [4.78, 5) is 11.0. The van der Waals surface area contributed by atoms with Crippen molar-refractivity contribution in [2.24, 2.45) is 0 Å². The van der Waals surface area contributed by atoms with Crippen molar-refractivity contribution >= 4 is 11.6 Å². The van der Waals surface area contributed by atoms with Gasteiger partial charge in [0, 0.05) is 43.6 Å². The highest BCUT2D eigenvalue weighted by atomic mass is 16.5. The van der Waals surface area contributed by atoms with Crippen LogP contribution < -0.4 is 15.4 Å². The normalized spacial score (nSPS) is 13.9. The largest absolute Gasteiger partial charge is 0.480 e. The summed E-state index contributed by atoms with van der Waals surface area (Å²) in [5.74, 6) is 2.67. The summed E-state index contributed by atoms with van der Waals surface area (Å²) in [5.41, 5.74) is 7.99. The number of hydrogen-bond donors (Lipinski definition) is 1. The number of fused-ring (bicyclic) bond motifs is 1. The molecule has 3 heterocycles.